The smallest absolute Gasteiger partial charge is 0.217 e. The maximum Gasteiger partial charge on any atom is 0.217 e. The Morgan fingerprint density at radius 2 is 2.09 bits per heavy atom. The number of pyridine rings is 1. The summed E-state index contributed by atoms with van der Waals surface area (Å²) in [5, 5.41) is 15.9. The number of carbonyl (C=O) groups excluding carboxylic acids is 1. The van der Waals surface area contributed by atoms with E-state index < -0.39 is 0 Å². The van der Waals surface area contributed by atoms with E-state index in [0.717, 1.165) is 16.8 Å². The van der Waals surface area contributed by atoms with E-state index in [1.807, 2.05) is 24.3 Å². The van der Waals surface area contributed by atoms with Crippen molar-refractivity contribution in [1.82, 2.24) is 19.9 Å². The van der Waals surface area contributed by atoms with Crippen LogP contribution in [0.1, 0.15) is 18.1 Å². The van der Waals surface area contributed by atoms with Crippen LogP contribution < -0.4 is 5.32 Å². The second kappa shape index (κ2) is 5.66. The molecule has 6 nitrogen and oxygen atoms in total. The monoisotopic (exact) mass is 291 g/mol. The number of benzene rings is 1. The summed E-state index contributed by atoms with van der Waals surface area (Å²) in [6.45, 7) is 1.92. The van der Waals surface area contributed by atoms with Crippen LogP contribution >= 0.6 is 0 Å². The van der Waals surface area contributed by atoms with Crippen molar-refractivity contribution in [2.75, 3.05) is 0 Å². The highest BCUT2D eigenvalue weighted by Crippen LogP contribution is 2.22. The highest BCUT2D eigenvalue weighted by atomic mass is 16.1. The molecule has 0 aliphatic rings. The molecule has 1 amide bonds. The van der Waals surface area contributed by atoms with Crippen molar-refractivity contribution in [1.29, 1.82) is 5.26 Å². The van der Waals surface area contributed by atoms with Gasteiger partial charge in [0.05, 0.1) is 17.3 Å². The summed E-state index contributed by atoms with van der Waals surface area (Å²) in [4.78, 5) is 15.3. The largest absolute Gasteiger partial charge is 0.352 e. The molecule has 3 rings (SSSR count). The lowest BCUT2D eigenvalue weighted by Crippen LogP contribution is -2.19. The van der Waals surface area contributed by atoms with E-state index in [4.69, 9.17) is 5.26 Å². The molecule has 0 radical (unpaired) electrons. The SMILES string of the molecule is CC(=O)NCc1cc(-c2ccc(C#N)cc2)n2ncnc2c1. The predicted molar refractivity (Wildman–Crippen MR) is 80.7 cm³/mol. The van der Waals surface area contributed by atoms with Crippen LogP contribution in [0.5, 0.6) is 0 Å². The fraction of sp³-hybridized carbons (Fsp3) is 0.125. The van der Waals surface area contributed by atoms with Gasteiger partial charge in [-0.05, 0) is 29.8 Å². The van der Waals surface area contributed by atoms with Crippen molar-refractivity contribution < 1.29 is 4.79 Å². The third kappa shape index (κ3) is 2.65. The summed E-state index contributed by atoms with van der Waals surface area (Å²) in [6.07, 6.45) is 1.49. The Morgan fingerprint density at radius 1 is 1.32 bits per heavy atom. The Bertz CT molecular complexity index is 874. The summed E-state index contributed by atoms with van der Waals surface area (Å²) in [6, 6.07) is 13.2. The molecule has 0 saturated heterocycles. The lowest BCUT2D eigenvalue weighted by molar-refractivity contribution is -0.119. The minimum absolute atomic E-state index is 0.0822. The number of carbonyl (C=O) groups is 1. The molecule has 1 N–H and O–H groups in total. The molecular weight excluding hydrogens is 278 g/mol. The van der Waals surface area contributed by atoms with E-state index in [-0.39, 0.29) is 5.91 Å². The summed E-state index contributed by atoms with van der Waals surface area (Å²) >= 11 is 0. The first-order chi connectivity index (χ1) is 10.7. The first kappa shape index (κ1) is 13.8. The molecule has 0 atom stereocenters. The van der Waals surface area contributed by atoms with Gasteiger partial charge in [-0.2, -0.15) is 10.4 Å². The first-order valence-corrected chi connectivity index (χ1v) is 6.75. The Hall–Kier alpha value is -3.20. The predicted octanol–water partition coefficient (Wildman–Crippen LogP) is 1.90. The van der Waals surface area contributed by atoms with Crippen LogP contribution in [0.3, 0.4) is 0 Å². The van der Waals surface area contributed by atoms with Crippen LogP contribution in [0.15, 0.2) is 42.7 Å². The number of rotatable bonds is 3. The fourth-order valence-electron chi connectivity index (χ4n) is 2.23. The normalized spacial score (nSPS) is 10.4. The lowest BCUT2D eigenvalue weighted by Gasteiger charge is -2.09. The average molecular weight is 291 g/mol. The first-order valence-electron chi connectivity index (χ1n) is 6.75. The zero-order chi connectivity index (χ0) is 15.5. The van der Waals surface area contributed by atoms with E-state index in [0.29, 0.717) is 17.8 Å². The Labute approximate surface area is 127 Å². The molecule has 6 heteroatoms. The maximum atomic E-state index is 11.1. The highest BCUT2D eigenvalue weighted by Gasteiger charge is 2.08. The minimum atomic E-state index is -0.0822. The third-order valence-corrected chi connectivity index (χ3v) is 3.29. The molecule has 0 fully saturated rings. The molecule has 1 aromatic carbocycles. The van der Waals surface area contributed by atoms with Crippen molar-refractivity contribution >= 4 is 11.6 Å². The zero-order valence-electron chi connectivity index (χ0n) is 11.9. The number of hydrogen-bond donors (Lipinski definition) is 1. The molecule has 22 heavy (non-hydrogen) atoms. The van der Waals surface area contributed by atoms with Gasteiger partial charge in [0.2, 0.25) is 5.91 Å². The van der Waals surface area contributed by atoms with E-state index in [1.54, 1.807) is 16.6 Å². The summed E-state index contributed by atoms with van der Waals surface area (Å²) in [5.74, 6) is -0.0822. The molecule has 108 valence electrons. The van der Waals surface area contributed by atoms with Gasteiger partial charge in [-0.1, -0.05) is 12.1 Å². The van der Waals surface area contributed by atoms with Crippen LogP contribution in [-0.4, -0.2) is 20.5 Å². The van der Waals surface area contributed by atoms with Gasteiger partial charge in [0.1, 0.15) is 6.33 Å². The van der Waals surface area contributed by atoms with Crippen LogP contribution in [0.25, 0.3) is 16.9 Å². The van der Waals surface area contributed by atoms with E-state index in [9.17, 15) is 4.79 Å². The number of amides is 1. The number of nitriles is 1. The Kier molecular flexibility index (Phi) is 3.54. The van der Waals surface area contributed by atoms with Crippen molar-refractivity contribution in [2.45, 2.75) is 13.5 Å². The van der Waals surface area contributed by atoms with Gasteiger partial charge in [-0.15, -0.1) is 0 Å². The lowest BCUT2D eigenvalue weighted by atomic mass is 10.1. The quantitative estimate of drug-likeness (QED) is 0.799. The fourth-order valence-corrected chi connectivity index (χ4v) is 2.23. The second-order valence-corrected chi connectivity index (χ2v) is 4.88. The standard InChI is InChI=1S/C16H13N5O/c1-11(22)18-9-13-6-15(21-16(7-13)19-10-20-21)14-4-2-12(8-17)3-5-14/h2-7,10H,9H2,1H3,(H,18,22). The number of aromatic nitrogens is 3. The van der Waals surface area contributed by atoms with Gasteiger partial charge in [0.15, 0.2) is 5.65 Å². The van der Waals surface area contributed by atoms with Crippen molar-refractivity contribution in [3.8, 4) is 17.3 Å². The van der Waals surface area contributed by atoms with Gasteiger partial charge in [-0.25, -0.2) is 9.50 Å². The number of nitrogens with zero attached hydrogens (tertiary/aromatic N) is 4. The molecule has 0 aliphatic carbocycles. The van der Waals surface area contributed by atoms with Gasteiger partial charge in [0.25, 0.3) is 0 Å². The summed E-state index contributed by atoms with van der Waals surface area (Å²) in [5.41, 5.74) is 4.05. The molecule has 0 bridgehead atoms. The van der Waals surface area contributed by atoms with Gasteiger partial charge >= 0.3 is 0 Å². The summed E-state index contributed by atoms with van der Waals surface area (Å²) in [7, 11) is 0. The van der Waals surface area contributed by atoms with Crippen molar-refractivity contribution in [3.05, 3.63) is 53.9 Å². The van der Waals surface area contributed by atoms with Gasteiger partial charge in [0, 0.05) is 19.0 Å². The van der Waals surface area contributed by atoms with Crippen molar-refractivity contribution in [2.24, 2.45) is 0 Å². The van der Waals surface area contributed by atoms with Crippen LogP contribution in [-0.2, 0) is 11.3 Å². The molecule has 2 heterocycles. The van der Waals surface area contributed by atoms with Crippen LogP contribution in [0.4, 0.5) is 0 Å². The molecule has 0 aliphatic heterocycles. The molecular formula is C16H13N5O. The zero-order valence-corrected chi connectivity index (χ0v) is 11.9. The number of fused-ring (bicyclic) bond motifs is 1. The molecule has 0 saturated carbocycles. The minimum Gasteiger partial charge on any atom is -0.352 e. The van der Waals surface area contributed by atoms with E-state index >= 15 is 0 Å². The number of nitrogens with one attached hydrogen (secondary N) is 1. The topological polar surface area (TPSA) is 83.1 Å². The van der Waals surface area contributed by atoms with Gasteiger partial charge < -0.3 is 5.32 Å². The maximum absolute atomic E-state index is 11.1. The van der Waals surface area contributed by atoms with Crippen LogP contribution in [0, 0.1) is 11.3 Å². The average Bonchev–Trinajstić information content (AvgIpc) is 3.00. The second-order valence-electron chi connectivity index (χ2n) is 4.88. The molecule has 3 aromatic rings. The summed E-state index contributed by atoms with van der Waals surface area (Å²) < 4.78 is 1.73. The Balaban J connectivity index is 2.07. The van der Waals surface area contributed by atoms with Crippen molar-refractivity contribution in [3.63, 3.8) is 0 Å². The van der Waals surface area contributed by atoms with Crippen LogP contribution in [0.2, 0.25) is 0 Å². The molecule has 2 aromatic heterocycles. The third-order valence-electron chi connectivity index (χ3n) is 3.29. The molecule has 0 unspecified atom stereocenters. The van der Waals surface area contributed by atoms with E-state index in [1.165, 1.54) is 13.3 Å². The van der Waals surface area contributed by atoms with E-state index in [2.05, 4.69) is 21.5 Å². The molecule has 0 spiro atoms. The Morgan fingerprint density at radius 3 is 2.77 bits per heavy atom. The highest BCUT2D eigenvalue weighted by molar-refractivity contribution is 5.73. The van der Waals surface area contributed by atoms with Gasteiger partial charge in [-0.3, -0.25) is 4.79 Å². The number of hydrogen-bond acceptors (Lipinski definition) is 4.